The lowest BCUT2D eigenvalue weighted by Crippen LogP contribution is -2.60. The molecule has 0 aromatic heterocycles. The molecule has 0 bridgehead atoms. The van der Waals surface area contributed by atoms with Gasteiger partial charge in [-0.25, -0.2) is 0 Å². The predicted octanol–water partition coefficient (Wildman–Crippen LogP) is -0.903. The van der Waals surface area contributed by atoms with Gasteiger partial charge in [0.05, 0.1) is 6.61 Å². The summed E-state index contributed by atoms with van der Waals surface area (Å²) in [6, 6.07) is 0. The second-order valence-corrected chi connectivity index (χ2v) is 6.87. The highest BCUT2D eigenvalue weighted by Gasteiger charge is 2.62. The third-order valence-corrected chi connectivity index (χ3v) is 4.11. The van der Waals surface area contributed by atoms with Crippen molar-refractivity contribution < 1.29 is 39.0 Å². The van der Waals surface area contributed by atoms with Crippen LogP contribution < -0.4 is 0 Å². The van der Waals surface area contributed by atoms with Crippen LogP contribution in [-0.2, 0) is 23.7 Å². The van der Waals surface area contributed by atoms with Crippen LogP contribution in [0.15, 0.2) is 0 Å². The zero-order chi connectivity index (χ0) is 16.3. The SMILES string of the molecule is CC1(C)O[C@@H]2[C@H](O1)[C@H]1OC(C)(C)O[C@H]1O[C@@H]2[C@@H](O)[C@@H](O)CO. The maximum Gasteiger partial charge on any atom is 0.190 e. The van der Waals surface area contributed by atoms with Gasteiger partial charge in [-0.3, -0.25) is 0 Å². The lowest BCUT2D eigenvalue weighted by Gasteiger charge is -2.40. The Morgan fingerprint density at radius 1 is 0.864 bits per heavy atom. The molecular weight excluding hydrogens is 296 g/mol. The fraction of sp³-hybridized carbons (Fsp3) is 1.00. The van der Waals surface area contributed by atoms with E-state index < -0.39 is 61.1 Å². The van der Waals surface area contributed by atoms with E-state index in [1.54, 1.807) is 27.7 Å². The smallest absolute Gasteiger partial charge is 0.190 e. The molecule has 128 valence electrons. The number of hydrogen-bond donors (Lipinski definition) is 3. The van der Waals surface area contributed by atoms with Crippen molar-refractivity contribution in [3.8, 4) is 0 Å². The number of hydrogen-bond acceptors (Lipinski definition) is 8. The van der Waals surface area contributed by atoms with E-state index in [0.717, 1.165) is 0 Å². The molecule has 3 saturated heterocycles. The van der Waals surface area contributed by atoms with Crippen molar-refractivity contribution in [2.24, 2.45) is 0 Å². The standard InChI is InChI=1S/C14H24O8/c1-13(2)19-9-8(7(17)6(16)5-15)18-12-11(10(9)20-13)21-14(3,4)22-12/h6-12,15-17H,5H2,1-4H3/t6-,7-,8+,9-,10-,11+,12+/m0/s1. The lowest BCUT2D eigenvalue weighted by atomic mass is 9.93. The van der Waals surface area contributed by atoms with Crippen LogP contribution in [0.4, 0.5) is 0 Å². The van der Waals surface area contributed by atoms with Crippen LogP contribution in [0.25, 0.3) is 0 Å². The Morgan fingerprint density at radius 2 is 1.41 bits per heavy atom. The molecule has 8 nitrogen and oxygen atoms in total. The van der Waals surface area contributed by atoms with Crippen molar-refractivity contribution >= 4 is 0 Å². The van der Waals surface area contributed by atoms with E-state index in [0.29, 0.717) is 0 Å². The molecule has 3 heterocycles. The molecule has 0 radical (unpaired) electrons. The molecule has 3 rings (SSSR count). The van der Waals surface area contributed by atoms with Crippen molar-refractivity contribution in [1.29, 1.82) is 0 Å². The molecule has 8 heteroatoms. The highest BCUT2D eigenvalue weighted by Crippen LogP contribution is 2.44. The van der Waals surface area contributed by atoms with Gasteiger partial charge < -0.3 is 39.0 Å². The summed E-state index contributed by atoms with van der Waals surface area (Å²) in [4.78, 5) is 0. The van der Waals surface area contributed by atoms with Gasteiger partial charge >= 0.3 is 0 Å². The monoisotopic (exact) mass is 320 g/mol. The highest BCUT2D eigenvalue weighted by atomic mass is 16.9. The van der Waals surface area contributed by atoms with Crippen LogP contribution in [0.2, 0.25) is 0 Å². The summed E-state index contributed by atoms with van der Waals surface area (Å²) in [5, 5.41) is 29.0. The molecule has 0 aromatic rings. The van der Waals surface area contributed by atoms with E-state index in [4.69, 9.17) is 28.8 Å². The van der Waals surface area contributed by atoms with Crippen LogP contribution in [0.3, 0.4) is 0 Å². The van der Waals surface area contributed by atoms with Gasteiger partial charge in [0.25, 0.3) is 0 Å². The van der Waals surface area contributed by atoms with Crippen LogP contribution in [0.1, 0.15) is 27.7 Å². The van der Waals surface area contributed by atoms with Crippen LogP contribution in [0.5, 0.6) is 0 Å². The van der Waals surface area contributed by atoms with E-state index in [-0.39, 0.29) is 0 Å². The van der Waals surface area contributed by atoms with Crippen LogP contribution in [-0.4, -0.2) is 76.4 Å². The van der Waals surface area contributed by atoms with Gasteiger partial charge in [0.1, 0.15) is 36.6 Å². The largest absolute Gasteiger partial charge is 0.394 e. The first-order valence-electron chi connectivity index (χ1n) is 7.47. The topological polar surface area (TPSA) is 107 Å². The zero-order valence-corrected chi connectivity index (χ0v) is 13.1. The van der Waals surface area contributed by atoms with E-state index in [1.807, 2.05) is 0 Å². The molecule has 0 amide bonds. The second kappa shape index (κ2) is 5.35. The van der Waals surface area contributed by atoms with E-state index in [1.165, 1.54) is 0 Å². The molecule has 3 fully saturated rings. The highest BCUT2D eigenvalue weighted by molar-refractivity contribution is 5.02. The molecular formula is C14H24O8. The molecule has 0 unspecified atom stereocenters. The predicted molar refractivity (Wildman–Crippen MR) is 71.6 cm³/mol. The Bertz CT molecular complexity index is 425. The number of ether oxygens (including phenoxy) is 5. The van der Waals surface area contributed by atoms with E-state index >= 15 is 0 Å². The first-order chi connectivity index (χ1) is 10.1. The van der Waals surface area contributed by atoms with Gasteiger partial charge in [0.2, 0.25) is 0 Å². The van der Waals surface area contributed by atoms with Crippen LogP contribution >= 0.6 is 0 Å². The van der Waals surface area contributed by atoms with E-state index in [2.05, 4.69) is 0 Å². The Balaban J connectivity index is 1.87. The quantitative estimate of drug-likeness (QED) is 0.614. The number of rotatable bonds is 3. The fourth-order valence-electron chi connectivity index (χ4n) is 3.24. The van der Waals surface area contributed by atoms with Crippen molar-refractivity contribution in [2.45, 2.75) is 82.2 Å². The van der Waals surface area contributed by atoms with Crippen molar-refractivity contribution in [2.75, 3.05) is 6.61 Å². The molecule has 0 spiro atoms. The third kappa shape index (κ3) is 2.78. The number of aliphatic hydroxyl groups excluding tert-OH is 3. The molecule has 3 aliphatic heterocycles. The van der Waals surface area contributed by atoms with Gasteiger partial charge in [-0.2, -0.15) is 0 Å². The Labute approximate surface area is 128 Å². The summed E-state index contributed by atoms with van der Waals surface area (Å²) in [5.74, 6) is -1.71. The number of fused-ring (bicyclic) bond motifs is 3. The lowest BCUT2D eigenvalue weighted by molar-refractivity contribution is -0.262. The van der Waals surface area contributed by atoms with Crippen molar-refractivity contribution in [3.05, 3.63) is 0 Å². The van der Waals surface area contributed by atoms with E-state index in [9.17, 15) is 10.2 Å². The Kier molecular flexibility index (Phi) is 4.02. The maximum atomic E-state index is 10.2. The minimum Gasteiger partial charge on any atom is -0.394 e. The summed E-state index contributed by atoms with van der Waals surface area (Å²) in [7, 11) is 0. The molecule has 7 atom stereocenters. The summed E-state index contributed by atoms with van der Waals surface area (Å²) in [6.07, 6.45) is -5.93. The van der Waals surface area contributed by atoms with Crippen LogP contribution in [0, 0.1) is 0 Å². The Hall–Kier alpha value is -0.320. The average molecular weight is 320 g/mol. The summed E-state index contributed by atoms with van der Waals surface area (Å²) >= 11 is 0. The van der Waals surface area contributed by atoms with Gasteiger partial charge in [-0.1, -0.05) is 0 Å². The molecule has 3 N–H and O–H groups in total. The maximum absolute atomic E-state index is 10.2. The summed E-state index contributed by atoms with van der Waals surface area (Å²) < 4.78 is 29.0. The van der Waals surface area contributed by atoms with Gasteiger partial charge in [-0.15, -0.1) is 0 Å². The third-order valence-electron chi connectivity index (χ3n) is 4.11. The summed E-state index contributed by atoms with van der Waals surface area (Å²) in [5.41, 5.74) is 0. The van der Waals surface area contributed by atoms with Gasteiger partial charge in [0, 0.05) is 0 Å². The summed E-state index contributed by atoms with van der Waals surface area (Å²) in [6.45, 7) is 6.46. The molecule has 0 aliphatic carbocycles. The minimum absolute atomic E-state index is 0.489. The zero-order valence-electron chi connectivity index (χ0n) is 13.1. The molecule has 0 saturated carbocycles. The van der Waals surface area contributed by atoms with Gasteiger partial charge in [-0.05, 0) is 27.7 Å². The molecule has 22 heavy (non-hydrogen) atoms. The molecule has 3 aliphatic rings. The number of aliphatic hydroxyl groups is 3. The van der Waals surface area contributed by atoms with Gasteiger partial charge in [0.15, 0.2) is 17.9 Å². The average Bonchev–Trinajstić information content (AvgIpc) is 2.90. The van der Waals surface area contributed by atoms with Crippen molar-refractivity contribution in [1.82, 2.24) is 0 Å². The van der Waals surface area contributed by atoms with Crippen molar-refractivity contribution in [3.63, 3.8) is 0 Å². The Morgan fingerprint density at radius 3 is 2.05 bits per heavy atom. The first kappa shape index (κ1) is 16.5. The normalized spacial score (nSPS) is 45.1. The fourth-order valence-corrected chi connectivity index (χ4v) is 3.24. The molecule has 0 aromatic carbocycles. The first-order valence-corrected chi connectivity index (χ1v) is 7.47. The second-order valence-electron chi connectivity index (χ2n) is 6.87. The minimum atomic E-state index is -1.34.